The van der Waals surface area contributed by atoms with Crippen molar-refractivity contribution in [3.8, 4) is 0 Å². The van der Waals surface area contributed by atoms with Crippen LogP contribution in [0.2, 0.25) is 0 Å². The molecule has 0 heterocycles. The molecule has 0 aliphatic rings. The molecule has 3 aromatic carbocycles. The van der Waals surface area contributed by atoms with Gasteiger partial charge in [0.1, 0.15) is 0 Å². The molecule has 3 rings (SSSR count). The Morgan fingerprint density at radius 3 is 1.60 bits per heavy atom. The molecular weight excluding hydrogens is 436 g/mol. The molecule has 0 saturated heterocycles. The maximum atomic E-state index is 3.74. The molecule has 0 aliphatic heterocycles. The zero-order valence-electron chi connectivity index (χ0n) is 14.7. The van der Waals surface area contributed by atoms with Crippen molar-refractivity contribution in [3.05, 3.63) is 90.5 Å². The molecule has 1 atom stereocenters. The molecule has 0 radical (unpaired) electrons. The fourth-order valence-corrected chi connectivity index (χ4v) is 9.52. The summed E-state index contributed by atoms with van der Waals surface area (Å²) in [6, 6.07) is 31.1. The van der Waals surface area contributed by atoms with Crippen LogP contribution < -0.4 is 19.2 Å². The fourth-order valence-electron chi connectivity index (χ4n) is 3.34. The average molecular weight is 461 g/mol. The van der Waals surface area contributed by atoms with E-state index < -0.39 is 7.41 Å². The van der Waals surface area contributed by atoms with Gasteiger partial charge in [0, 0.05) is 0 Å². The molecule has 1 unspecified atom stereocenters. The van der Waals surface area contributed by atoms with Crippen molar-refractivity contribution in [3.63, 3.8) is 0 Å². The van der Waals surface area contributed by atoms with Gasteiger partial charge in [-0.2, -0.15) is 0 Å². The Labute approximate surface area is 165 Å². The number of halogens is 1. The predicted octanol–water partition coefficient (Wildman–Crippen LogP) is 5.08. The predicted molar refractivity (Wildman–Crippen MR) is 122 cm³/mol. The van der Waals surface area contributed by atoms with E-state index in [1.54, 1.807) is 0 Å². The molecule has 0 amide bonds. The van der Waals surface area contributed by atoms with E-state index in [9.17, 15) is 0 Å². The first-order valence-electron chi connectivity index (χ1n) is 8.81. The van der Waals surface area contributed by atoms with Crippen LogP contribution in [-0.2, 0) is 0 Å². The summed E-state index contributed by atoms with van der Waals surface area (Å²) in [6.07, 6.45) is 1.17. The first kappa shape index (κ1) is 18.6. The minimum atomic E-state index is -2.23. The summed E-state index contributed by atoms with van der Waals surface area (Å²) in [5.41, 5.74) is 1.42. The Hall–Kier alpha value is -1.22. The Morgan fingerprint density at radius 2 is 1.20 bits per heavy atom. The molecule has 0 fully saturated rings. The number of hydrogen-bond donors (Lipinski definition) is 1. The van der Waals surface area contributed by atoms with Gasteiger partial charge >= 0.3 is 166 Å². The average Bonchev–Trinajstić information content (AvgIpc) is 2.70. The van der Waals surface area contributed by atoms with Crippen LogP contribution in [0.3, 0.4) is 0 Å². The maximum absolute atomic E-state index is 3.74. The zero-order chi connectivity index (χ0) is 17.7. The third kappa shape index (κ3) is 3.67. The standard InChI is InChI=1S/C22H25INP/c1-3-18(2)19-14-16-22(17-15-19)25(24-23,20-10-6-4-7-11-20)21-12-8-5-9-13-21/h4-18,24-25H,3H2,1-2H3. The summed E-state index contributed by atoms with van der Waals surface area (Å²) in [7, 11) is -2.23. The molecular formula is C22H25INP. The van der Waals surface area contributed by atoms with Crippen molar-refractivity contribution in [2.75, 3.05) is 0 Å². The summed E-state index contributed by atoms with van der Waals surface area (Å²) >= 11 is 2.35. The molecule has 0 spiro atoms. The van der Waals surface area contributed by atoms with Crippen molar-refractivity contribution in [2.24, 2.45) is 0 Å². The van der Waals surface area contributed by atoms with Crippen molar-refractivity contribution in [1.82, 2.24) is 3.30 Å². The van der Waals surface area contributed by atoms with Gasteiger partial charge in [0.15, 0.2) is 0 Å². The molecule has 0 aromatic heterocycles. The molecule has 1 N–H and O–H groups in total. The van der Waals surface area contributed by atoms with Gasteiger partial charge in [0.2, 0.25) is 0 Å². The van der Waals surface area contributed by atoms with Crippen LogP contribution in [0.4, 0.5) is 0 Å². The van der Waals surface area contributed by atoms with Gasteiger partial charge in [-0.15, -0.1) is 0 Å². The number of nitrogens with one attached hydrogen (secondary N) is 1. The molecule has 1 nitrogen and oxygen atoms in total. The summed E-state index contributed by atoms with van der Waals surface area (Å²) in [5.74, 6) is 0.603. The van der Waals surface area contributed by atoms with Crippen LogP contribution in [0, 0.1) is 0 Å². The second kappa shape index (κ2) is 8.44. The summed E-state index contributed by atoms with van der Waals surface area (Å²) in [5, 5.41) is 4.16. The number of hydrogen-bond acceptors (Lipinski definition) is 1. The molecule has 25 heavy (non-hydrogen) atoms. The molecule has 0 aliphatic carbocycles. The molecule has 0 saturated carbocycles. The zero-order valence-corrected chi connectivity index (χ0v) is 17.9. The second-order valence-corrected chi connectivity index (χ2v) is 11.5. The summed E-state index contributed by atoms with van der Waals surface area (Å²) in [4.78, 5) is 0. The molecule has 3 heteroatoms. The summed E-state index contributed by atoms with van der Waals surface area (Å²) in [6.45, 7) is 4.54. The molecule has 3 aromatic rings. The summed E-state index contributed by atoms with van der Waals surface area (Å²) < 4.78 is 3.74. The van der Waals surface area contributed by atoms with Crippen LogP contribution in [-0.4, -0.2) is 0 Å². The van der Waals surface area contributed by atoms with Crippen molar-refractivity contribution in [2.45, 2.75) is 26.2 Å². The Bertz CT molecular complexity index is 748. The van der Waals surface area contributed by atoms with E-state index in [2.05, 4.69) is 125 Å². The van der Waals surface area contributed by atoms with Gasteiger partial charge in [-0.05, 0) is 0 Å². The van der Waals surface area contributed by atoms with Gasteiger partial charge in [0.05, 0.1) is 0 Å². The van der Waals surface area contributed by atoms with Gasteiger partial charge < -0.3 is 0 Å². The van der Waals surface area contributed by atoms with Crippen molar-refractivity contribution >= 4 is 46.2 Å². The normalized spacial score (nSPS) is 13.4. The van der Waals surface area contributed by atoms with Crippen LogP contribution in [0.25, 0.3) is 0 Å². The molecule has 130 valence electrons. The van der Waals surface area contributed by atoms with Crippen LogP contribution in [0.1, 0.15) is 31.7 Å². The molecule has 0 bridgehead atoms. The topological polar surface area (TPSA) is 12.0 Å². The third-order valence-electron chi connectivity index (χ3n) is 5.08. The Kier molecular flexibility index (Phi) is 6.27. The minimum absolute atomic E-state index is 0.603. The quantitative estimate of drug-likeness (QED) is 0.307. The van der Waals surface area contributed by atoms with Crippen LogP contribution >= 0.6 is 30.3 Å². The van der Waals surface area contributed by atoms with E-state index in [0.29, 0.717) is 5.92 Å². The first-order valence-corrected chi connectivity index (χ1v) is 11.9. The number of benzene rings is 3. The van der Waals surface area contributed by atoms with E-state index in [1.165, 1.54) is 27.9 Å². The van der Waals surface area contributed by atoms with Gasteiger partial charge in [-0.25, -0.2) is 0 Å². The van der Waals surface area contributed by atoms with E-state index in [4.69, 9.17) is 0 Å². The number of rotatable bonds is 6. The Morgan fingerprint density at radius 1 is 0.760 bits per heavy atom. The fraction of sp³-hybridized carbons (Fsp3) is 0.182. The van der Waals surface area contributed by atoms with E-state index in [-0.39, 0.29) is 0 Å². The SMILES string of the molecule is CCC(C)c1ccc([PH](NI)(c2ccccc2)c2ccccc2)cc1. The second-order valence-electron chi connectivity index (χ2n) is 6.51. The monoisotopic (exact) mass is 461 g/mol. The van der Waals surface area contributed by atoms with Crippen LogP contribution in [0.5, 0.6) is 0 Å². The first-order chi connectivity index (χ1) is 12.2. The van der Waals surface area contributed by atoms with Gasteiger partial charge in [0.25, 0.3) is 0 Å². The van der Waals surface area contributed by atoms with E-state index in [1.807, 2.05) is 0 Å². The third-order valence-corrected chi connectivity index (χ3v) is 11.4. The van der Waals surface area contributed by atoms with Gasteiger partial charge in [-0.1, -0.05) is 0 Å². The van der Waals surface area contributed by atoms with Crippen molar-refractivity contribution in [1.29, 1.82) is 0 Å². The van der Waals surface area contributed by atoms with Gasteiger partial charge in [-0.3, -0.25) is 0 Å². The van der Waals surface area contributed by atoms with Crippen molar-refractivity contribution < 1.29 is 0 Å². The van der Waals surface area contributed by atoms with E-state index >= 15 is 0 Å². The van der Waals surface area contributed by atoms with E-state index in [0.717, 1.165) is 0 Å². The van der Waals surface area contributed by atoms with Crippen LogP contribution in [0.15, 0.2) is 84.9 Å². The Balaban J connectivity index is 2.18.